The molecule has 0 unspecified atom stereocenters. The maximum atomic E-state index is 12.8. The highest BCUT2D eigenvalue weighted by molar-refractivity contribution is 7.89. The first kappa shape index (κ1) is 16.0. The maximum absolute atomic E-state index is 12.8. The maximum Gasteiger partial charge on any atom is 0.217 e. The summed E-state index contributed by atoms with van der Waals surface area (Å²) in [6, 6.07) is 10.5. The van der Waals surface area contributed by atoms with E-state index >= 15 is 0 Å². The summed E-state index contributed by atoms with van der Waals surface area (Å²) < 4.78 is 32.6. The average Bonchev–Trinajstić information content (AvgIpc) is 2.56. The fourth-order valence-electron chi connectivity index (χ4n) is 3.72. The Morgan fingerprint density at radius 1 is 1.09 bits per heavy atom. The van der Waals surface area contributed by atoms with E-state index in [9.17, 15) is 8.42 Å². The molecule has 1 aromatic rings. The second kappa shape index (κ2) is 6.69. The Labute approximate surface area is 133 Å². The zero-order chi connectivity index (χ0) is 15.6. The van der Waals surface area contributed by atoms with E-state index in [0.717, 1.165) is 6.42 Å². The van der Waals surface area contributed by atoms with E-state index in [-0.39, 0.29) is 5.25 Å². The van der Waals surface area contributed by atoms with E-state index in [0.29, 0.717) is 51.0 Å². The Balaban J connectivity index is 1.69. The largest absolute Gasteiger partial charge is 0.381 e. The van der Waals surface area contributed by atoms with Gasteiger partial charge in [-0.05, 0) is 36.7 Å². The van der Waals surface area contributed by atoms with Gasteiger partial charge in [-0.3, -0.25) is 0 Å². The monoisotopic (exact) mass is 323 g/mol. The van der Waals surface area contributed by atoms with Crippen molar-refractivity contribution in [3.8, 4) is 0 Å². The molecule has 22 heavy (non-hydrogen) atoms. The van der Waals surface area contributed by atoms with Crippen molar-refractivity contribution in [1.29, 1.82) is 0 Å². The van der Waals surface area contributed by atoms with Crippen LogP contribution in [0.4, 0.5) is 0 Å². The minimum atomic E-state index is -3.17. The van der Waals surface area contributed by atoms with Gasteiger partial charge in [-0.1, -0.05) is 37.3 Å². The Hall–Kier alpha value is -0.910. The van der Waals surface area contributed by atoms with Gasteiger partial charge in [0.15, 0.2) is 0 Å². The molecule has 0 spiro atoms. The quantitative estimate of drug-likeness (QED) is 0.859. The summed E-state index contributed by atoms with van der Waals surface area (Å²) >= 11 is 0. The highest BCUT2D eigenvalue weighted by Gasteiger charge is 2.38. The Morgan fingerprint density at radius 2 is 1.77 bits per heavy atom. The lowest BCUT2D eigenvalue weighted by atomic mass is 9.82. The van der Waals surface area contributed by atoms with Gasteiger partial charge in [0, 0.05) is 26.3 Å². The summed E-state index contributed by atoms with van der Waals surface area (Å²) in [5.41, 5.74) is 1.33. The fraction of sp³-hybridized carbons (Fsp3) is 0.647. The van der Waals surface area contributed by atoms with Crippen LogP contribution in [0.3, 0.4) is 0 Å². The highest BCUT2D eigenvalue weighted by atomic mass is 32.2. The first-order valence-electron chi connectivity index (χ1n) is 8.20. The van der Waals surface area contributed by atoms with Crippen molar-refractivity contribution in [2.24, 2.45) is 5.92 Å². The van der Waals surface area contributed by atoms with Gasteiger partial charge < -0.3 is 4.74 Å². The predicted octanol–water partition coefficient (Wildman–Crippen LogP) is 2.62. The van der Waals surface area contributed by atoms with Crippen LogP contribution in [0, 0.1) is 5.92 Å². The van der Waals surface area contributed by atoms with Crippen molar-refractivity contribution in [3.05, 3.63) is 35.9 Å². The minimum Gasteiger partial charge on any atom is -0.381 e. The second-order valence-corrected chi connectivity index (χ2v) is 8.71. The number of hydrogen-bond donors (Lipinski definition) is 0. The normalized spacial score (nSPS) is 28.6. The lowest BCUT2D eigenvalue weighted by Crippen LogP contribution is -2.47. The average molecular weight is 323 g/mol. The van der Waals surface area contributed by atoms with Crippen LogP contribution in [0.2, 0.25) is 0 Å². The van der Waals surface area contributed by atoms with Crippen LogP contribution >= 0.6 is 0 Å². The van der Waals surface area contributed by atoms with E-state index in [1.807, 2.05) is 6.07 Å². The van der Waals surface area contributed by atoms with Crippen LogP contribution in [-0.4, -0.2) is 44.3 Å². The van der Waals surface area contributed by atoms with Crippen LogP contribution in [0.15, 0.2) is 30.3 Å². The third kappa shape index (κ3) is 3.21. The van der Waals surface area contributed by atoms with Crippen molar-refractivity contribution in [2.75, 3.05) is 26.3 Å². The molecule has 2 aliphatic rings. The topological polar surface area (TPSA) is 46.6 Å². The van der Waals surface area contributed by atoms with Gasteiger partial charge in [-0.25, -0.2) is 12.7 Å². The highest BCUT2D eigenvalue weighted by Crippen LogP contribution is 2.35. The fourth-order valence-corrected chi connectivity index (χ4v) is 5.73. The lowest BCUT2D eigenvalue weighted by molar-refractivity contribution is 0.0965. The molecule has 2 heterocycles. The van der Waals surface area contributed by atoms with Gasteiger partial charge >= 0.3 is 0 Å². The third-order valence-corrected chi connectivity index (χ3v) is 7.41. The summed E-state index contributed by atoms with van der Waals surface area (Å²) in [6.07, 6.45) is 2.18. The molecule has 0 aliphatic carbocycles. The molecule has 0 amide bonds. The molecule has 4 nitrogen and oxygen atoms in total. The number of benzene rings is 1. The van der Waals surface area contributed by atoms with Gasteiger partial charge in [0.25, 0.3) is 0 Å². The predicted molar refractivity (Wildman–Crippen MR) is 87.3 cm³/mol. The van der Waals surface area contributed by atoms with Crippen LogP contribution in [0.1, 0.15) is 37.7 Å². The van der Waals surface area contributed by atoms with Crippen molar-refractivity contribution in [3.63, 3.8) is 0 Å². The molecular formula is C17H25NO3S. The summed E-state index contributed by atoms with van der Waals surface area (Å²) in [5, 5.41) is -0.248. The standard InChI is InChI=1S/C17H25NO3S/c1-14-13-18(22(19,20)16-8-11-21-12-9-16)10-7-17(14)15-5-3-2-4-6-15/h2-6,14,16-17H,7-13H2,1H3/t14-,17-/m0/s1. The van der Waals surface area contributed by atoms with Crippen LogP contribution < -0.4 is 0 Å². The smallest absolute Gasteiger partial charge is 0.217 e. The lowest BCUT2D eigenvalue weighted by Gasteiger charge is -2.38. The molecule has 0 bridgehead atoms. The second-order valence-electron chi connectivity index (χ2n) is 6.50. The van der Waals surface area contributed by atoms with Crippen molar-refractivity contribution >= 4 is 10.0 Å². The number of sulfonamides is 1. The minimum absolute atomic E-state index is 0.248. The number of hydrogen-bond acceptors (Lipinski definition) is 3. The third-order valence-electron chi connectivity index (χ3n) is 5.05. The summed E-state index contributed by atoms with van der Waals surface area (Å²) in [5.74, 6) is 0.813. The summed E-state index contributed by atoms with van der Waals surface area (Å²) in [4.78, 5) is 0. The zero-order valence-corrected chi connectivity index (χ0v) is 14.0. The van der Waals surface area contributed by atoms with Crippen LogP contribution in [0.25, 0.3) is 0 Å². The Morgan fingerprint density at radius 3 is 2.41 bits per heavy atom. The van der Waals surface area contributed by atoms with Gasteiger partial charge in [0.1, 0.15) is 0 Å². The van der Waals surface area contributed by atoms with E-state index in [4.69, 9.17) is 4.74 Å². The van der Waals surface area contributed by atoms with E-state index in [1.54, 1.807) is 4.31 Å². The van der Waals surface area contributed by atoms with Gasteiger partial charge in [-0.2, -0.15) is 0 Å². The van der Waals surface area contributed by atoms with E-state index < -0.39 is 10.0 Å². The molecule has 2 aliphatic heterocycles. The molecule has 0 N–H and O–H groups in total. The van der Waals surface area contributed by atoms with Gasteiger partial charge in [0.2, 0.25) is 10.0 Å². The number of piperidine rings is 1. The van der Waals surface area contributed by atoms with Crippen molar-refractivity contribution in [1.82, 2.24) is 4.31 Å². The summed E-state index contributed by atoms with van der Waals surface area (Å²) in [7, 11) is -3.17. The van der Waals surface area contributed by atoms with Gasteiger partial charge in [-0.15, -0.1) is 0 Å². The zero-order valence-electron chi connectivity index (χ0n) is 13.1. The number of rotatable bonds is 3. The summed E-state index contributed by atoms with van der Waals surface area (Å²) in [6.45, 7) is 4.59. The first-order chi connectivity index (χ1) is 10.6. The Bertz CT molecular complexity index is 581. The molecular weight excluding hydrogens is 298 g/mol. The van der Waals surface area contributed by atoms with Crippen LogP contribution in [-0.2, 0) is 14.8 Å². The molecule has 0 saturated carbocycles. The van der Waals surface area contributed by atoms with Crippen molar-refractivity contribution in [2.45, 2.75) is 37.4 Å². The van der Waals surface area contributed by atoms with Gasteiger partial charge in [0.05, 0.1) is 5.25 Å². The molecule has 0 aromatic heterocycles. The van der Waals surface area contributed by atoms with E-state index in [1.165, 1.54) is 5.56 Å². The molecule has 2 fully saturated rings. The van der Waals surface area contributed by atoms with E-state index in [2.05, 4.69) is 31.2 Å². The molecule has 3 rings (SSSR count). The van der Waals surface area contributed by atoms with Crippen LogP contribution in [0.5, 0.6) is 0 Å². The SMILES string of the molecule is C[C@H]1CN(S(=O)(=O)C2CCOCC2)CC[C@@H]1c1ccccc1. The molecule has 122 valence electrons. The molecule has 5 heteroatoms. The number of ether oxygens (including phenoxy) is 1. The number of nitrogens with zero attached hydrogens (tertiary/aromatic N) is 1. The molecule has 2 saturated heterocycles. The van der Waals surface area contributed by atoms with Crippen molar-refractivity contribution < 1.29 is 13.2 Å². The molecule has 1 aromatic carbocycles. The first-order valence-corrected chi connectivity index (χ1v) is 9.71. The molecule has 0 radical (unpaired) electrons. The molecule has 2 atom stereocenters. The Kier molecular flexibility index (Phi) is 4.85.